The Morgan fingerprint density at radius 3 is 2.44 bits per heavy atom. The first-order chi connectivity index (χ1) is 18.4. The molecule has 1 unspecified atom stereocenters. The highest BCUT2D eigenvalue weighted by Gasteiger charge is 2.34. The monoisotopic (exact) mass is 546 g/mol. The van der Waals surface area contributed by atoms with E-state index in [4.69, 9.17) is 4.74 Å². The van der Waals surface area contributed by atoms with E-state index >= 15 is 0 Å². The van der Waals surface area contributed by atoms with Crippen molar-refractivity contribution in [3.8, 4) is 11.4 Å². The van der Waals surface area contributed by atoms with Gasteiger partial charge in [-0.05, 0) is 52.7 Å². The van der Waals surface area contributed by atoms with Crippen molar-refractivity contribution in [3.05, 3.63) is 36.8 Å². The number of carbonyl (C=O) groups is 1. The molecule has 2 fully saturated rings. The molecule has 5 rings (SSSR count). The molecule has 1 amide bonds. The van der Waals surface area contributed by atoms with Gasteiger partial charge in [-0.1, -0.05) is 6.07 Å². The first-order valence-electron chi connectivity index (χ1n) is 13.1. The van der Waals surface area contributed by atoms with Gasteiger partial charge in [0.2, 0.25) is 0 Å². The lowest BCUT2D eigenvalue weighted by molar-refractivity contribution is -0.274. The topological polar surface area (TPSA) is 76.0 Å². The van der Waals surface area contributed by atoms with Crippen LogP contribution in [0.3, 0.4) is 0 Å². The number of amides is 1. The van der Waals surface area contributed by atoms with Gasteiger partial charge in [0, 0.05) is 51.0 Å². The van der Waals surface area contributed by atoms with Gasteiger partial charge in [-0.3, -0.25) is 4.57 Å². The zero-order valence-corrected chi connectivity index (χ0v) is 22.5. The molecule has 39 heavy (non-hydrogen) atoms. The third kappa shape index (κ3) is 5.84. The molecular weight excluding hydrogens is 513 g/mol. The molecule has 2 aliphatic rings. The molecule has 0 radical (unpaired) electrons. The summed E-state index contributed by atoms with van der Waals surface area (Å²) in [5.41, 5.74) is 1.44. The molecule has 0 spiro atoms. The molecule has 0 aliphatic carbocycles. The number of hydrogen-bond donors (Lipinski definition) is 0. The maximum absolute atomic E-state index is 12.9. The second-order valence-corrected chi connectivity index (χ2v) is 11.0. The minimum Gasteiger partial charge on any atom is -0.444 e. The van der Waals surface area contributed by atoms with Crippen molar-refractivity contribution in [1.82, 2.24) is 19.4 Å². The molecule has 0 saturated carbocycles. The number of ether oxygens (including phenoxy) is 2. The van der Waals surface area contributed by atoms with Crippen LogP contribution in [-0.2, 0) is 4.74 Å². The molecule has 2 aliphatic heterocycles. The minimum atomic E-state index is -4.79. The van der Waals surface area contributed by atoms with Crippen LogP contribution in [0.25, 0.3) is 16.7 Å². The molecular formula is C27H33F3N6O3. The molecule has 3 aromatic rings. The van der Waals surface area contributed by atoms with Gasteiger partial charge >= 0.3 is 12.5 Å². The van der Waals surface area contributed by atoms with Crippen LogP contribution in [0.1, 0.15) is 40.5 Å². The highest BCUT2D eigenvalue weighted by atomic mass is 19.4. The van der Waals surface area contributed by atoms with Gasteiger partial charge in [0.25, 0.3) is 0 Å². The maximum Gasteiger partial charge on any atom is 0.573 e. The van der Waals surface area contributed by atoms with Crippen molar-refractivity contribution in [3.63, 3.8) is 0 Å². The number of benzene rings is 1. The van der Waals surface area contributed by atoms with Crippen LogP contribution in [-0.4, -0.2) is 76.3 Å². The number of piperazine rings is 1. The van der Waals surface area contributed by atoms with E-state index < -0.39 is 12.0 Å². The van der Waals surface area contributed by atoms with Crippen molar-refractivity contribution < 1.29 is 27.4 Å². The number of alkyl halides is 3. The second-order valence-electron chi connectivity index (χ2n) is 11.0. The van der Waals surface area contributed by atoms with Crippen LogP contribution in [0.15, 0.2) is 36.8 Å². The minimum absolute atomic E-state index is 0.118. The van der Waals surface area contributed by atoms with Crippen LogP contribution in [0.2, 0.25) is 0 Å². The van der Waals surface area contributed by atoms with E-state index in [2.05, 4.69) is 24.5 Å². The Morgan fingerprint density at radius 2 is 1.77 bits per heavy atom. The summed E-state index contributed by atoms with van der Waals surface area (Å²) in [7, 11) is 0. The second kappa shape index (κ2) is 10.1. The normalized spacial score (nSPS) is 18.6. The number of anilines is 2. The van der Waals surface area contributed by atoms with Gasteiger partial charge in [0.1, 0.15) is 23.5 Å². The summed E-state index contributed by atoms with van der Waals surface area (Å²) in [5, 5.41) is 0.833. The largest absolute Gasteiger partial charge is 0.573 e. The van der Waals surface area contributed by atoms with Crippen molar-refractivity contribution in [2.75, 3.05) is 42.5 Å². The molecule has 4 heterocycles. The summed E-state index contributed by atoms with van der Waals surface area (Å²) < 4.78 is 50.2. The highest BCUT2D eigenvalue weighted by Crippen LogP contribution is 2.39. The highest BCUT2D eigenvalue weighted by molar-refractivity contribution is 6.00. The Kier molecular flexibility index (Phi) is 6.98. The van der Waals surface area contributed by atoms with Crippen molar-refractivity contribution in [2.24, 2.45) is 0 Å². The van der Waals surface area contributed by atoms with Gasteiger partial charge < -0.3 is 24.2 Å². The fraction of sp³-hybridized carbons (Fsp3) is 0.519. The molecule has 1 atom stereocenters. The van der Waals surface area contributed by atoms with Crippen LogP contribution < -0.4 is 14.5 Å². The Hall–Kier alpha value is -3.70. The van der Waals surface area contributed by atoms with E-state index in [1.54, 1.807) is 15.5 Å². The van der Waals surface area contributed by atoms with Crippen LogP contribution in [0.4, 0.5) is 29.5 Å². The number of fused-ring (bicyclic) bond motifs is 1. The molecule has 1 aromatic carbocycles. The SMILES string of the molecule is CC1CN(c2ncnc3c2c(N2CCCC2)cn3-c2cccc(OC(F)(F)F)c2)CCN1C(=O)OC(C)(C)C. The first-order valence-corrected chi connectivity index (χ1v) is 13.1. The Labute approximate surface area is 225 Å². The molecule has 9 nitrogen and oxygen atoms in total. The van der Waals surface area contributed by atoms with E-state index in [-0.39, 0.29) is 17.9 Å². The van der Waals surface area contributed by atoms with Gasteiger partial charge in [-0.25, -0.2) is 14.8 Å². The smallest absolute Gasteiger partial charge is 0.444 e. The van der Waals surface area contributed by atoms with Crippen molar-refractivity contribution >= 4 is 28.6 Å². The summed E-state index contributed by atoms with van der Waals surface area (Å²) >= 11 is 0. The zero-order valence-electron chi connectivity index (χ0n) is 22.5. The predicted molar refractivity (Wildman–Crippen MR) is 142 cm³/mol. The third-order valence-electron chi connectivity index (χ3n) is 6.87. The van der Waals surface area contributed by atoms with Crippen molar-refractivity contribution in [1.29, 1.82) is 0 Å². The first kappa shape index (κ1) is 26.9. The molecule has 0 N–H and O–H groups in total. The molecule has 210 valence electrons. The Morgan fingerprint density at radius 1 is 1.03 bits per heavy atom. The van der Waals surface area contributed by atoms with Gasteiger partial charge in [0.05, 0.1) is 16.8 Å². The molecule has 2 saturated heterocycles. The van der Waals surface area contributed by atoms with E-state index in [0.717, 1.165) is 42.8 Å². The number of carbonyl (C=O) groups excluding carboxylic acids is 1. The van der Waals surface area contributed by atoms with Gasteiger partial charge in [-0.2, -0.15) is 0 Å². The molecule has 2 aromatic heterocycles. The van der Waals surface area contributed by atoms with Crippen molar-refractivity contribution in [2.45, 2.75) is 58.5 Å². The lowest BCUT2D eigenvalue weighted by Gasteiger charge is -2.41. The number of rotatable bonds is 4. The van der Waals surface area contributed by atoms with E-state index in [9.17, 15) is 18.0 Å². The Bertz CT molecular complexity index is 1350. The summed E-state index contributed by atoms with van der Waals surface area (Å²) in [4.78, 5) is 28.1. The van der Waals surface area contributed by atoms with Crippen LogP contribution in [0.5, 0.6) is 5.75 Å². The predicted octanol–water partition coefficient (Wildman–Crippen LogP) is 5.36. The quantitative estimate of drug-likeness (QED) is 0.436. The maximum atomic E-state index is 12.9. The lowest BCUT2D eigenvalue weighted by Crippen LogP contribution is -2.55. The van der Waals surface area contributed by atoms with Crippen LogP contribution >= 0.6 is 0 Å². The fourth-order valence-electron chi connectivity index (χ4n) is 5.23. The summed E-state index contributed by atoms with van der Waals surface area (Å²) in [5.74, 6) is 0.435. The fourth-order valence-corrected chi connectivity index (χ4v) is 5.23. The third-order valence-corrected chi connectivity index (χ3v) is 6.87. The van der Waals surface area contributed by atoms with E-state index in [1.807, 2.05) is 33.9 Å². The average Bonchev–Trinajstić information content (AvgIpc) is 3.50. The average molecular weight is 547 g/mol. The molecule has 12 heteroatoms. The zero-order chi connectivity index (χ0) is 27.9. The number of hydrogen-bond acceptors (Lipinski definition) is 7. The van der Waals surface area contributed by atoms with Crippen LogP contribution in [0, 0.1) is 0 Å². The number of halogens is 3. The lowest BCUT2D eigenvalue weighted by atomic mass is 10.1. The summed E-state index contributed by atoms with van der Waals surface area (Å²) in [6.07, 6.45) is 0.370. The molecule has 0 bridgehead atoms. The van der Waals surface area contributed by atoms with E-state index in [1.165, 1.54) is 24.5 Å². The van der Waals surface area contributed by atoms with Gasteiger partial charge in [0.15, 0.2) is 5.65 Å². The Balaban J connectivity index is 1.52. The number of nitrogens with zero attached hydrogens (tertiary/aromatic N) is 6. The van der Waals surface area contributed by atoms with Gasteiger partial charge in [-0.15, -0.1) is 13.2 Å². The summed E-state index contributed by atoms with van der Waals surface area (Å²) in [6.45, 7) is 10.8. The standard InChI is InChI=1S/C27H33F3N6O3/c1-18-15-34(12-13-35(18)25(37)39-26(2,3)4)23-22-21(33-10-5-6-11-33)16-36(24(22)32-17-31-23)19-8-7-9-20(14-19)38-27(28,29)30/h7-9,14,16-18H,5-6,10-13,15H2,1-4H3. The summed E-state index contributed by atoms with van der Waals surface area (Å²) in [6, 6.07) is 5.75. The number of aromatic nitrogens is 3. The van der Waals surface area contributed by atoms with E-state index in [0.29, 0.717) is 31.0 Å².